The Kier molecular flexibility index (Phi) is 4.60. The molecule has 1 aromatic rings. The molecule has 1 unspecified atom stereocenters. The third-order valence-corrected chi connectivity index (χ3v) is 4.93. The lowest BCUT2D eigenvalue weighted by molar-refractivity contribution is -0.0406. The minimum absolute atomic E-state index is 0.00405. The van der Waals surface area contributed by atoms with Crippen LogP contribution in [0, 0.1) is 5.41 Å². The molecule has 0 saturated carbocycles. The number of rotatable bonds is 3. The van der Waals surface area contributed by atoms with Crippen molar-refractivity contribution < 1.29 is 14.3 Å². The molecule has 3 rings (SSSR count). The second-order valence-corrected chi connectivity index (χ2v) is 7.18. The van der Waals surface area contributed by atoms with E-state index < -0.39 is 0 Å². The molecule has 0 spiro atoms. The number of nitrogens with one attached hydrogen (secondary N) is 1. The van der Waals surface area contributed by atoms with E-state index in [9.17, 15) is 4.79 Å². The normalized spacial score (nSPS) is 22.7. The Bertz CT molecular complexity index is 586. The van der Waals surface area contributed by atoms with Gasteiger partial charge in [0, 0.05) is 32.2 Å². The van der Waals surface area contributed by atoms with Crippen molar-refractivity contribution in [2.45, 2.75) is 46.1 Å². The van der Waals surface area contributed by atoms with E-state index in [1.165, 1.54) is 11.1 Å². The van der Waals surface area contributed by atoms with Crippen LogP contribution in [-0.2, 0) is 29.2 Å². The Labute approximate surface area is 137 Å². The van der Waals surface area contributed by atoms with Crippen LogP contribution >= 0.6 is 0 Å². The van der Waals surface area contributed by atoms with Crippen LogP contribution in [0.3, 0.4) is 0 Å². The number of benzene rings is 1. The number of piperidine rings is 1. The average Bonchev–Trinajstić information content (AvgIpc) is 2.99. The second kappa shape index (κ2) is 6.49. The Hall–Kier alpha value is -1.59. The fourth-order valence-corrected chi connectivity index (χ4v) is 3.57. The highest BCUT2D eigenvalue weighted by atomic mass is 16.5. The smallest absolute Gasteiger partial charge is 0.317 e. The average molecular weight is 318 g/mol. The van der Waals surface area contributed by atoms with Gasteiger partial charge in [-0.05, 0) is 23.1 Å². The number of methoxy groups -OCH3 is 1. The molecule has 1 N–H and O–H groups in total. The maximum Gasteiger partial charge on any atom is 0.317 e. The molecule has 2 aliphatic rings. The highest BCUT2D eigenvalue weighted by Gasteiger charge is 2.37. The molecule has 1 aromatic carbocycles. The van der Waals surface area contributed by atoms with E-state index in [2.05, 4.69) is 37.4 Å². The number of carbonyl (C=O) groups is 1. The molecule has 2 aliphatic heterocycles. The van der Waals surface area contributed by atoms with E-state index in [1.807, 2.05) is 4.90 Å². The molecule has 0 radical (unpaired) electrons. The van der Waals surface area contributed by atoms with Gasteiger partial charge in [0.1, 0.15) is 0 Å². The summed E-state index contributed by atoms with van der Waals surface area (Å²) in [4.78, 5) is 14.3. The molecule has 1 atom stereocenters. The van der Waals surface area contributed by atoms with Crippen LogP contribution in [0.25, 0.3) is 0 Å². The van der Waals surface area contributed by atoms with Gasteiger partial charge in [0.2, 0.25) is 0 Å². The minimum atomic E-state index is -0.0186. The monoisotopic (exact) mass is 318 g/mol. The predicted octanol–water partition coefficient (Wildman–Crippen LogP) is 2.67. The molecule has 1 saturated heterocycles. The maximum absolute atomic E-state index is 12.4. The van der Waals surface area contributed by atoms with E-state index in [-0.39, 0.29) is 17.6 Å². The summed E-state index contributed by atoms with van der Waals surface area (Å²) in [6.07, 6.45) is 1.09. The SMILES string of the molecule is COC1CCN(C(=O)NCc2ccc3c(c2)COC3)CC1(C)C. The van der Waals surface area contributed by atoms with Crippen molar-refractivity contribution in [1.29, 1.82) is 0 Å². The third kappa shape index (κ3) is 3.51. The number of hydrogen-bond donors (Lipinski definition) is 1. The van der Waals surface area contributed by atoms with Crippen LogP contribution in [0.15, 0.2) is 18.2 Å². The van der Waals surface area contributed by atoms with Gasteiger partial charge in [-0.15, -0.1) is 0 Å². The molecule has 2 amide bonds. The fourth-order valence-electron chi connectivity index (χ4n) is 3.57. The third-order valence-electron chi connectivity index (χ3n) is 4.93. The van der Waals surface area contributed by atoms with E-state index in [4.69, 9.17) is 9.47 Å². The molecule has 1 fully saturated rings. The van der Waals surface area contributed by atoms with Gasteiger partial charge in [-0.25, -0.2) is 4.79 Å². The number of hydrogen-bond acceptors (Lipinski definition) is 3. The largest absolute Gasteiger partial charge is 0.381 e. The summed E-state index contributed by atoms with van der Waals surface area (Å²) in [6, 6.07) is 6.29. The second-order valence-electron chi connectivity index (χ2n) is 7.18. The van der Waals surface area contributed by atoms with Crippen LogP contribution < -0.4 is 5.32 Å². The zero-order chi connectivity index (χ0) is 16.4. The molecule has 126 valence electrons. The predicted molar refractivity (Wildman–Crippen MR) is 87.9 cm³/mol. The van der Waals surface area contributed by atoms with Crippen molar-refractivity contribution >= 4 is 6.03 Å². The summed E-state index contributed by atoms with van der Waals surface area (Å²) in [5.41, 5.74) is 3.59. The molecule has 5 heteroatoms. The van der Waals surface area contributed by atoms with Gasteiger partial charge in [-0.1, -0.05) is 32.0 Å². The Balaban J connectivity index is 1.55. The van der Waals surface area contributed by atoms with Crippen molar-refractivity contribution in [3.05, 3.63) is 34.9 Å². The standard InChI is InChI=1S/C18H26N2O3/c1-18(2)12-20(7-6-16(18)22-3)17(21)19-9-13-4-5-14-10-23-11-15(14)8-13/h4-5,8,16H,6-7,9-12H2,1-3H3,(H,19,21). The Morgan fingerprint density at radius 3 is 2.91 bits per heavy atom. The number of ether oxygens (including phenoxy) is 2. The molecule has 0 bridgehead atoms. The van der Waals surface area contributed by atoms with Crippen LogP contribution in [0.2, 0.25) is 0 Å². The minimum Gasteiger partial charge on any atom is -0.381 e. The van der Waals surface area contributed by atoms with Crippen molar-refractivity contribution in [2.24, 2.45) is 5.41 Å². The first-order valence-electron chi connectivity index (χ1n) is 8.23. The Morgan fingerprint density at radius 1 is 1.39 bits per heavy atom. The summed E-state index contributed by atoms with van der Waals surface area (Å²) in [5, 5.41) is 3.04. The topological polar surface area (TPSA) is 50.8 Å². The molecule has 2 heterocycles. The fraction of sp³-hybridized carbons (Fsp3) is 0.611. The van der Waals surface area contributed by atoms with Crippen molar-refractivity contribution in [3.63, 3.8) is 0 Å². The molecular formula is C18H26N2O3. The highest BCUT2D eigenvalue weighted by Crippen LogP contribution is 2.31. The van der Waals surface area contributed by atoms with E-state index >= 15 is 0 Å². The summed E-state index contributed by atoms with van der Waals surface area (Å²) < 4.78 is 11.0. The van der Waals surface area contributed by atoms with Crippen molar-refractivity contribution in [3.8, 4) is 0 Å². The number of fused-ring (bicyclic) bond motifs is 1. The summed E-state index contributed by atoms with van der Waals surface area (Å²) in [7, 11) is 1.75. The maximum atomic E-state index is 12.4. The number of likely N-dealkylation sites (tertiary alicyclic amines) is 1. The van der Waals surface area contributed by atoms with Gasteiger partial charge in [0.05, 0.1) is 19.3 Å². The van der Waals surface area contributed by atoms with Gasteiger partial charge < -0.3 is 19.7 Å². The lowest BCUT2D eigenvalue weighted by atomic mass is 9.81. The van der Waals surface area contributed by atoms with E-state index in [0.29, 0.717) is 19.8 Å². The highest BCUT2D eigenvalue weighted by molar-refractivity contribution is 5.74. The van der Waals surface area contributed by atoms with Crippen LogP contribution in [0.4, 0.5) is 4.79 Å². The van der Waals surface area contributed by atoms with Gasteiger partial charge in [0.15, 0.2) is 0 Å². The molecule has 0 aromatic heterocycles. The van der Waals surface area contributed by atoms with Crippen molar-refractivity contribution in [1.82, 2.24) is 10.2 Å². The van der Waals surface area contributed by atoms with Gasteiger partial charge in [-0.2, -0.15) is 0 Å². The molecule has 0 aliphatic carbocycles. The van der Waals surface area contributed by atoms with Crippen LogP contribution in [0.1, 0.15) is 37.0 Å². The van der Waals surface area contributed by atoms with Crippen LogP contribution in [-0.4, -0.2) is 37.2 Å². The van der Waals surface area contributed by atoms with Crippen LogP contribution in [0.5, 0.6) is 0 Å². The lowest BCUT2D eigenvalue weighted by Crippen LogP contribution is -2.53. The van der Waals surface area contributed by atoms with E-state index in [1.54, 1.807) is 7.11 Å². The van der Waals surface area contributed by atoms with Gasteiger partial charge in [0.25, 0.3) is 0 Å². The first-order chi connectivity index (χ1) is 11.0. The molecule has 23 heavy (non-hydrogen) atoms. The lowest BCUT2D eigenvalue weighted by Gasteiger charge is -2.43. The summed E-state index contributed by atoms with van der Waals surface area (Å²) in [6.45, 7) is 7.70. The zero-order valence-electron chi connectivity index (χ0n) is 14.2. The quantitative estimate of drug-likeness (QED) is 0.932. The summed E-state index contributed by atoms with van der Waals surface area (Å²) >= 11 is 0. The number of carbonyl (C=O) groups excluding carboxylic acids is 1. The number of amides is 2. The number of nitrogens with zero attached hydrogens (tertiary/aromatic N) is 1. The zero-order valence-corrected chi connectivity index (χ0v) is 14.2. The Morgan fingerprint density at radius 2 is 2.17 bits per heavy atom. The first-order valence-corrected chi connectivity index (χ1v) is 8.23. The van der Waals surface area contributed by atoms with Crippen molar-refractivity contribution in [2.75, 3.05) is 20.2 Å². The van der Waals surface area contributed by atoms with Gasteiger partial charge in [-0.3, -0.25) is 0 Å². The number of urea groups is 1. The van der Waals surface area contributed by atoms with Gasteiger partial charge >= 0.3 is 6.03 Å². The molecule has 5 nitrogen and oxygen atoms in total. The molecular weight excluding hydrogens is 292 g/mol. The summed E-state index contributed by atoms with van der Waals surface area (Å²) in [5.74, 6) is 0. The first kappa shape index (κ1) is 16.3. The van der Waals surface area contributed by atoms with E-state index in [0.717, 1.165) is 25.1 Å².